The smallest absolute Gasteiger partial charge is 0.125 e. The minimum absolute atomic E-state index is 0.131. The molecule has 2 aliphatic heterocycles. The molecule has 0 radical (unpaired) electrons. The Hall–Kier alpha value is -1.09. The van der Waals surface area contributed by atoms with Gasteiger partial charge in [0.25, 0.3) is 0 Å². The van der Waals surface area contributed by atoms with Crippen molar-refractivity contribution < 1.29 is 4.39 Å². The van der Waals surface area contributed by atoms with Crippen molar-refractivity contribution in [2.45, 2.75) is 25.3 Å². The van der Waals surface area contributed by atoms with Crippen molar-refractivity contribution in [2.24, 2.45) is 0 Å². The fraction of sp³-hybridized carbons (Fsp3) is 0.571. The number of hydrogen-bond acceptors (Lipinski definition) is 2. The highest BCUT2D eigenvalue weighted by Gasteiger charge is 2.28. The molecule has 2 fully saturated rings. The van der Waals surface area contributed by atoms with Crippen LogP contribution in [0, 0.1) is 5.82 Å². The van der Waals surface area contributed by atoms with Crippen LogP contribution in [0.2, 0.25) is 0 Å². The maximum atomic E-state index is 13.2. The molecule has 0 saturated carbocycles. The van der Waals surface area contributed by atoms with Gasteiger partial charge in [-0.2, -0.15) is 0 Å². The number of rotatable bonds is 1. The van der Waals surface area contributed by atoms with Crippen molar-refractivity contribution in [1.29, 1.82) is 0 Å². The third kappa shape index (κ3) is 2.29. The fourth-order valence-electron chi connectivity index (χ4n) is 3.06. The van der Waals surface area contributed by atoms with Gasteiger partial charge in [0, 0.05) is 31.4 Å². The van der Waals surface area contributed by atoms with Gasteiger partial charge in [0.1, 0.15) is 5.82 Å². The summed E-state index contributed by atoms with van der Waals surface area (Å²) >= 11 is 0. The highest BCUT2D eigenvalue weighted by Crippen LogP contribution is 2.25. The number of hydrogen-bond donors (Lipinski definition) is 0. The molecule has 2 aliphatic rings. The van der Waals surface area contributed by atoms with E-state index in [1.54, 1.807) is 12.1 Å². The molecule has 2 nitrogen and oxygen atoms in total. The minimum Gasteiger partial charge on any atom is -0.369 e. The summed E-state index contributed by atoms with van der Waals surface area (Å²) in [4.78, 5) is 4.93. The summed E-state index contributed by atoms with van der Waals surface area (Å²) in [5, 5.41) is 0. The van der Waals surface area contributed by atoms with E-state index in [4.69, 9.17) is 0 Å². The molecule has 1 atom stereocenters. The Labute approximate surface area is 102 Å². The van der Waals surface area contributed by atoms with E-state index in [1.165, 1.54) is 31.9 Å². The minimum atomic E-state index is -0.131. The normalized spacial score (nSPS) is 25.7. The Kier molecular flexibility index (Phi) is 3.02. The number of anilines is 1. The van der Waals surface area contributed by atoms with E-state index in [-0.39, 0.29) is 5.82 Å². The van der Waals surface area contributed by atoms with Gasteiger partial charge < -0.3 is 4.90 Å². The van der Waals surface area contributed by atoms with Crippen molar-refractivity contribution in [3.05, 3.63) is 30.1 Å². The van der Waals surface area contributed by atoms with E-state index in [2.05, 4.69) is 9.80 Å². The topological polar surface area (TPSA) is 6.48 Å². The van der Waals surface area contributed by atoms with Crippen LogP contribution in [0.3, 0.4) is 0 Å². The standard InChI is InChI=1S/C14H19FN2/c15-12-4-3-6-13(10-12)17-9-8-16-7-2-1-5-14(16)11-17/h3-4,6,10,14H,1-2,5,7-9,11H2. The summed E-state index contributed by atoms with van der Waals surface area (Å²) < 4.78 is 13.2. The Morgan fingerprint density at radius 1 is 1.12 bits per heavy atom. The summed E-state index contributed by atoms with van der Waals surface area (Å²) in [6.07, 6.45) is 3.99. The SMILES string of the molecule is Fc1cccc(N2CCN3CCCCC3C2)c1. The average molecular weight is 234 g/mol. The molecule has 0 aliphatic carbocycles. The maximum absolute atomic E-state index is 13.2. The van der Waals surface area contributed by atoms with Crippen molar-refractivity contribution in [3.63, 3.8) is 0 Å². The molecule has 1 unspecified atom stereocenters. The zero-order chi connectivity index (χ0) is 11.7. The predicted molar refractivity (Wildman–Crippen MR) is 67.8 cm³/mol. The van der Waals surface area contributed by atoms with Gasteiger partial charge in [-0.3, -0.25) is 4.90 Å². The monoisotopic (exact) mass is 234 g/mol. The Bertz CT molecular complexity index is 394. The van der Waals surface area contributed by atoms with Crippen LogP contribution < -0.4 is 4.90 Å². The second kappa shape index (κ2) is 4.65. The highest BCUT2D eigenvalue weighted by molar-refractivity contribution is 5.47. The molecular formula is C14H19FN2. The molecule has 17 heavy (non-hydrogen) atoms. The van der Waals surface area contributed by atoms with E-state index in [1.807, 2.05) is 6.07 Å². The lowest BCUT2D eigenvalue weighted by Crippen LogP contribution is -2.54. The molecule has 1 aromatic carbocycles. The zero-order valence-corrected chi connectivity index (χ0v) is 10.1. The van der Waals surface area contributed by atoms with Crippen LogP contribution >= 0.6 is 0 Å². The first kappa shape index (κ1) is 11.0. The first-order valence-electron chi connectivity index (χ1n) is 6.57. The van der Waals surface area contributed by atoms with E-state index in [9.17, 15) is 4.39 Å². The Morgan fingerprint density at radius 3 is 2.94 bits per heavy atom. The number of nitrogens with zero attached hydrogens (tertiary/aromatic N) is 2. The highest BCUT2D eigenvalue weighted by atomic mass is 19.1. The van der Waals surface area contributed by atoms with Gasteiger partial charge in [0.05, 0.1) is 0 Å². The van der Waals surface area contributed by atoms with Crippen LogP contribution in [-0.2, 0) is 0 Å². The zero-order valence-electron chi connectivity index (χ0n) is 10.1. The molecule has 3 heteroatoms. The molecule has 2 saturated heterocycles. The molecule has 2 heterocycles. The van der Waals surface area contributed by atoms with Crippen LogP contribution in [0.1, 0.15) is 19.3 Å². The van der Waals surface area contributed by atoms with E-state index in [0.717, 1.165) is 25.3 Å². The van der Waals surface area contributed by atoms with E-state index < -0.39 is 0 Å². The lowest BCUT2D eigenvalue weighted by Gasteiger charge is -2.44. The summed E-state index contributed by atoms with van der Waals surface area (Å²) in [6.45, 7) is 4.46. The van der Waals surface area contributed by atoms with E-state index >= 15 is 0 Å². The second-order valence-electron chi connectivity index (χ2n) is 5.11. The molecular weight excluding hydrogens is 215 g/mol. The van der Waals surface area contributed by atoms with E-state index in [0.29, 0.717) is 6.04 Å². The van der Waals surface area contributed by atoms with Crippen LogP contribution in [0.15, 0.2) is 24.3 Å². The summed E-state index contributed by atoms with van der Waals surface area (Å²) in [5.41, 5.74) is 1.04. The van der Waals surface area contributed by atoms with Gasteiger partial charge in [-0.05, 0) is 37.6 Å². The number of piperidine rings is 1. The molecule has 0 spiro atoms. The van der Waals surface area contributed by atoms with Crippen molar-refractivity contribution in [3.8, 4) is 0 Å². The number of halogens is 1. The number of fused-ring (bicyclic) bond motifs is 1. The lowest BCUT2D eigenvalue weighted by molar-refractivity contribution is 0.133. The van der Waals surface area contributed by atoms with Gasteiger partial charge in [-0.25, -0.2) is 4.39 Å². The Balaban J connectivity index is 1.73. The molecule has 92 valence electrons. The molecule has 0 N–H and O–H groups in total. The first-order valence-corrected chi connectivity index (χ1v) is 6.57. The lowest BCUT2D eigenvalue weighted by atomic mass is 9.99. The third-order valence-electron chi connectivity index (χ3n) is 4.01. The number of benzene rings is 1. The number of piperazine rings is 1. The summed E-state index contributed by atoms with van der Waals surface area (Å²) in [5.74, 6) is -0.131. The molecule has 1 aromatic rings. The van der Waals surface area contributed by atoms with Crippen molar-refractivity contribution in [2.75, 3.05) is 31.1 Å². The molecule has 0 amide bonds. The third-order valence-corrected chi connectivity index (χ3v) is 4.01. The fourth-order valence-corrected chi connectivity index (χ4v) is 3.06. The summed E-state index contributed by atoms with van der Waals surface area (Å²) in [6, 6.07) is 7.67. The van der Waals surface area contributed by atoms with Gasteiger partial charge in [0.2, 0.25) is 0 Å². The van der Waals surface area contributed by atoms with Crippen molar-refractivity contribution in [1.82, 2.24) is 4.90 Å². The average Bonchev–Trinajstić information content (AvgIpc) is 2.38. The Morgan fingerprint density at radius 2 is 2.06 bits per heavy atom. The molecule has 0 bridgehead atoms. The van der Waals surface area contributed by atoms with Crippen LogP contribution in [-0.4, -0.2) is 37.1 Å². The van der Waals surface area contributed by atoms with Crippen molar-refractivity contribution >= 4 is 5.69 Å². The van der Waals surface area contributed by atoms with Crippen LogP contribution in [0.4, 0.5) is 10.1 Å². The maximum Gasteiger partial charge on any atom is 0.125 e. The predicted octanol–water partition coefficient (Wildman–Crippen LogP) is 2.50. The largest absolute Gasteiger partial charge is 0.369 e. The van der Waals surface area contributed by atoms with Gasteiger partial charge in [-0.1, -0.05) is 12.5 Å². The second-order valence-corrected chi connectivity index (χ2v) is 5.11. The van der Waals surface area contributed by atoms with Crippen LogP contribution in [0.5, 0.6) is 0 Å². The van der Waals surface area contributed by atoms with Gasteiger partial charge in [0.15, 0.2) is 0 Å². The van der Waals surface area contributed by atoms with Gasteiger partial charge >= 0.3 is 0 Å². The van der Waals surface area contributed by atoms with Crippen LogP contribution in [0.25, 0.3) is 0 Å². The van der Waals surface area contributed by atoms with Gasteiger partial charge in [-0.15, -0.1) is 0 Å². The summed E-state index contributed by atoms with van der Waals surface area (Å²) in [7, 11) is 0. The molecule has 3 rings (SSSR count). The molecule has 0 aromatic heterocycles. The first-order chi connectivity index (χ1) is 8.33. The quantitative estimate of drug-likeness (QED) is 0.736.